The Hall–Kier alpha value is -4.46. The number of nitrogens with one attached hydrogen (secondary N) is 2. The molecule has 2 N–H and O–H groups in total. The van der Waals surface area contributed by atoms with Gasteiger partial charge in [-0.3, -0.25) is 19.1 Å². The summed E-state index contributed by atoms with van der Waals surface area (Å²) in [5, 5.41) is 7.77. The molecule has 1 aromatic carbocycles. The summed E-state index contributed by atoms with van der Waals surface area (Å²) in [6, 6.07) is 7.56. The van der Waals surface area contributed by atoms with Crippen molar-refractivity contribution in [2.75, 3.05) is 20.7 Å². The van der Waals surface area contributed by atoms with E-state index >= 15 is 0 Å². The molecule has 14 heteroatoms. The highest BCUT2D eigenvalue weighted by molar-refractivity contribution is 7.91. The summed E-state index contributed by atoms with van der Waals surface area (Å²) in [5.74, 6) is -1.39. The fourth-order valence-corrected chi connectivity index (χ4v) is 9.09. The Kier molecular flexibility index (Phi) is 9.09. The predicted octanol–water partition coefficient (Wildman–Crippen LogP) is 3.81. The van der Waals surface area contributed by atoms with Gasteiger partial charge >= 0.3 is 0 Å². The molecular formula is C37H46N6O7S. The van der Waals surface area contributed by atoms with Crippen molar-refractivity contribution in [1.82, 2.24) is 29.7 Å². The number of carbonyl (C=O) groups excluding carboxylic acids is 3. The van der Waals surface area contributed by atoms with E-state index in [0.29, 0.717) is 42.2 Å². The number of fused-ring (bicyclic) bond motifs is 3. The molecule has 1 aliphatic heterocycles. The van der Waals surface area contributed by atoms with E-state index in [1.165, 1.54) is 0 Å². The van der Waals surface area contributed by atoms with Gasteiger partial charge in [0.1, 0.15) is 23.1 Å². The molecule has 0 radical (unpaired) electrons. The zero-order valence-corrected chi connectivity index (χ0v) is 30.6. The Labute approximate surface area is 298 Å². The number of hydrogen-bond acceptors (Lipinski definition) is 9. The average Bonchev–Trinajstić information content (AvgIpc) is 3.99. The topological polar surface area (TPSA) is 162 Å². The van der Waals surface area contributed by atoms with Crippen LogP contribution in [0.3, 0.4) is 0 Å². The molecule has 3 aromatic rings. The number of benzene rings is 1. The third-order valence-corrected chi connectivity index (χ3v) is 12.7. The molecule has 13 nitrogen and oxygen atoms in total. The summed E-state index contributed by atoms with van der Waals surface area (Å²) in [6.45, 7) is 6.36. The molecule has 0 bridgehead atoms. The maximum Gasteiger partial charge on any atom is 0.259 e. The Morgan fingerprint density at radius 2 is 1.82 bits per heavy atom. The first-order valence-corrected chi connectivity index (χ1v) is 19.3. The number of nitrogens with zero attached hydrogens (tertiary/aromatic N) is 4. The predicted molar refractivity (Wildman–Crippen MR) is 190 cm³/mol. The summed E-state index contributed by atoms with van der Waals surface area (Å²) >= 11 is 0. The highest BCUT2D eigenvalue weighted by atomic mass is 32.2. The van der Waals surface area contributed by atoms with Crippen LogP contribution in [-0.2, 0) is 24.4 Å². The molecule has 4 aliphatic rings. The number of aryl methyl sites for hydroxylation is 3. The fraction of sp³-hybridized carbons (Fsp3) is 0.541. The molecule has 3 fully saturated rings. The zero-order valence-electron chi connectivity index (χ0n) is 29.8. The van der Waals surface area contributed by atoms with Gasteiger partial charge in [-0.05, 0) is 90.3 Å². The number of hydrogen-bond donors (Lipinski definition) is 2. The van der Waals surface area contributed by atoms with Crippen molar-refractivity contribution >= 4 is 38.6 Å². The molecule has 0 saturated heterocycles. The molecule has 3 saturated carbocycles. The van der Waals surface area contributed by atoms with Crippen LogP contribution in [-0.4, -0.2) is 83.4 Å². The van der Waals surface area contributed by atoms with Crippen molar-refractivity contribution in [3.05, 3.63) is 53.4 Å². The van der Waals surface area contributed by atoms with Crippen LogP contribution in [0, 0.1) is 38.5 Å². The second kappa shape index (κ2) is 13.3. The standard InChI is InChI=1S/C37H46N6O7S/c1-21-16-22(2)43(40-21)32-19-31(27-13-14-30(49-5)23(3)33(27)38-32)50-25-17-28-29(18-25)35(45)42(4)15-9-7-6-8-10-24-20-37(24,39-34(28)44)36(46)41-51(47,48)26-11-12-26/h8,10,13-14,16,19,24-26,28-29H,6-7,9,11-12,15,17-18,20H2,1-5H3,(H,39,44)(H,41,46)/b10-8-/t24-,25-,28-,29-,37-/m1/s1. The van der Waals surface area contributed by atoms with Gasteiger partial charge in [0.25, 0.3) is 5.91 Å². The minimum Gasteiger partial charge on any atom is -0.496 e. The van der Waals surface area contributed by atoms with Crippen LogP contribution in [0.1, 0.15) is 68.3 Å². The van der Waals surface area contributed by atoms with Crippen molar-refractivity contribution in [3.8, 4) is 17.3 Å². The number of amides is 3. The summed E-state index contributed by atoms with van der Waals surface area (Å²) in [6.07, 6.45) is 7.56. The van der Waals surface area contributed by atoms with Crippen molar-refractivity contribution in [1.29, 1.82) is 0 Å². The molecule has 0 unspecified atom stereocenters. The minimum absolute atomic E-state index is 0.153. The van der Waals surface area contributed by atoms with Gasteiger partial charge in [-0.1, -0.05) is 12.2 Å². The third kappa shape index (κ3) is 6.70. The number of rotatable bonds is 7. The summed E-state index contributed by atoms with van der Waals surface area (Å²) in [4.78, 5) is 48.5. The van der Waals surface area contributed by atoms with Crippen LogP contribution in [0.25, 0.3) is 16.7 Å². The monoisotopic (exact) mass is 718 g/mol. The lowest BCUT2D eigenvalue weighted by Crippen LogP contribution is -2.54. The van der Waals surface area contributed by atoms with Gasteiger partial charge in [-0.25, -0.2) is 18.1 Å². The molecule has 3 amide bonds. The van der Waals surface area contributed by atoms with E-state index in [1.807, 2.05) is 57.2 Å². The van der Waals surface area contributed by atoms with Crippen LogP contribution in [0.4, 0.5) is 0 Å². The van der Waals surface area contributed by atoms with Crippen molar-refractivity contribution in [2.24, 2.45) is 17.8 Å². The molecule has 7 rings (SSSR count). The van der Waals surface area contributed by atoms with E-state index in [0.717, 1.165) is 41.6 Å². The quantitative estimate of drug-likeness (QED) is 0.346. The lowest BCUT2D eigenvalue weighted by atomic mass is 9.93. The Balaban J connectivity index is 1.22. The van der Waals surface area contributed by atoms with Crippen LogP contribution in [0.5, 0.6) is 11.5 Å². The normalized spacial score (nSPS) is 27.6. The van der Waals surface area contributed by atoms with Crippen molar-refractivity contribution in [2.45, 2.75) is 89.0 Å². The first kappa shape index (κ1) is 35.0. The second-order valence-electron chi connectivity index (χ2n) is 14.7. The molecule has 272 valence electrons. The molecular weight excluding hydrogens is 673 g/mol. The van der Waals surface area contributed by atoms with E-state index in [2.05, 4.69) is 15.1 Å². The molecule has 2 aromatic heterocycles. The third-order valence-electron chi connectivity index (χ3n) is 10.9. The minimum atomic E-state index is -3.83. The van der Waals surface area contributed by atoms with Gasteiger partial charge in [0.15, 0.2) is 5.82 Å². The lowest BCUT2D eigenvalue weighted by molar-refractivity contribution is -0.140. The Morgan fingerprint density at radius 3 is 2.53 bits per heavy atom. The largest absolute Gasteiger partial charge is 0.496 e. The zero-order chi connectivity index (χ0) is 36.2. The van der Waals surface area contributed by atoms with Gasteiger partial charge < -0.3 is 19.7 Å². The van der Waals surface area contributed by atoms with E-state index in [4.69, 9.17) is 14.5 Å². The first-order valence-electron chi connectivity index (χ1n) is 17.8. The van der Waals surface area contributed by atoms with Gasteiger partial charge in [0, 0.05) is 42.2 Å². The summed E-state index contributed by atoms with van der Waals surface area (Å²) in [7, 11) is -0.459. The maximum absolute atomic E-state index is 14.3. The van der Waals surface area contributed by atoms with Gasteiger partial charge in [-0.2, -0.15) is 5.10 Å². The molecule has 3 heterocycles. The van der Waals surface area contributed by atoms with Gasteiger partial charge in [-0.15, -0.1) is 0 Å². The van der Waals surface area contributed by atoms with Gasteiger partial charge in [0.05, 0.1) is 35.4 Å². The number of allylic oxidation sites excluding steroid dienone is 1. The number of ether oxygens (including phenoxy) is 2. The van der Waals surface area contributed by atoms with Crippen LogP contribution in [0.2, 0.25) is 0 Å². The van der Waals surface area contributed by atoms with Crippen molar-refractivity contribution in [3.63, 3.8) is 0 Å². The Morgan fingerprint density at radius 1 is 1.06 bits per heavy atom. The highest BCUT2D eigenvalue weighted by Gasteiger charge is 2.62. The van der Waals surface area contributed by atoms with Crippen molar-refractivity contribution < 1.29 is 32.3 Å². The average molecular weight is 719 g/mol. The summed E-state index contributed by atoms with van der Waals surface area (Å²) < 4.78 is 41.9. The highest BCUT2D eigenvalue weighted by Crippen LogP contribution is 2.47. The fourth-order valence-electron chi connectivity index (χ4n) is 7.73. The lowest BCUT2D eigenvalue weighted by Gasteiger charge is -2.26. The molecule has 0 spiro atoms. The summed E-state index contributed by atoms with van der Waals surface area (Å²) in [5.41, 5.74) is 1.86. The van der Waals surface area contributed by atoms with E-state index in [9.17, 15) is 22.8 Å². The van der Waals surface area contributed by atoms with Crippen LogP contribution < -0.4 is 19.5 Å². The number of carbonyl (C=O) groups is 3. The van der Waals surface area contributed by atoms with Crippen LogP contribution >= 0.6 is 0 Å². The number of methoxy groups -OCH3 is 1. The number of sulfonamides is 1. The Bertz CT molecular complexity index is 2040. The van der Waals surface area contributed by atoms with Crippen LogP contribution in [0.15, 0.2) is 36.4 Å². The second-order valence-corrected chi connectivity index (χ2v) is 16.6. The van der Waals surface area contributed by atoms with E-state index in [-0.39, 0.29) is 31.1 Å². The SMILES string of the molecule is COc1ccc2c(O[C@@H]3C[C@H]4C(=O)N[C@]5(C(=O)NS(=O)(=O)C6CC6)C[C@H]5/C=C\CCCCN(C)C(=O)[C@@H]4C3)cc(-n3nc(C)cc3C)nc2c1C. The number of aromatic nitrogens is 3. The number of pyridine rings is 1. The smallest absolute Gasteiger partial charge is 0.259 e. The van der Waals surface area contributed by atoms with E-state index in [1.54, 1.807) is 23.7 Å². The first-order chi connectivity index (χ1) is 24.3. The molecule has 5 atom stereocenters. The molecule has 3 aliphatic carbocycles. The maximum atomic E-state index is 14.3. The molecule has 51 heavy (non-hydrogen) atoms. The van der Waals surface area contributed by atoms with Gasteiger partial charge in [0.2, 0.25) is 21.8 Å². The van der Waals surface area contributed by atoms with E-state index < -0.39 is 50.6 Å².